The van der Waals surface area contributed by atoms with Crippen LogP contribution in [-0.4, -0.2) is 29.5 Å². The van der Waals surface area contributed by atoms with Crippen molar-refractivity contribution in [2.45, 2.75) is 12.6 Å². The zero-order valence-electron chi connectivity index (χ0n) is 15.7. The third-order valence-electron chi connectivity index (χ3n) is 4.10. The first-order chi connectivity index (χ1) is 14.3. The van der Waals surface area contributed by atoms with Crippen molar-refractivity contribution in [1.82, 2.24) is 15.1 Å². The second-order valence-corrected chi connectivity index (χ2v) is 6.16. The number of alkyl halides is 3. The van der Waals surface area contributed by atoms with Crippen LogP contribution in [0.3, 0.4) is 0 Å². The van der Waals surface area contributed by atoms with Gasteiger partial charge in [0, 0.05) is 6.54 Å². The Morgan fingerprint density at radius 2 is 1.90 bits per heavy atom. The number of carbonyl (C=O) groups is 1. The van der Waals surface area contributed by atoms with Crippen molar-refractivity contribution >= 4 is 6.09 Å². The van der Waals surface area contributed by atoms with Crippen molar-refractivity contribution in [1.29, 1.82) is 0 Å². The van der Waals surface area contributed by atoms with Gasteiger partial charge in [0.25, 0.3) is 0 Å². The van der Waals surface area contributed by atoms with Gasteiger partial charge in [0.1, 0.15) is 11.6 Å². The highest BCUT2D eigenvalue weighted by atomic mass is 19.4. The minimum absolute atomic E-state index is 0.0305. The number of aromatic nitrogens is 2. The number of halogens is 4. The van der Waals surface area contributed by atoms with E-state index in [9.17, 15) is 22.4 Å². The number of amides is 1. The topological polar surface area (TPSA) is 65.4 Å². The van der Waals surface area contributed by atoms with Crippen molar-refractivity contribution in [3.63, 3.8) is 0 Å². The van der Waals surface area contributed by atoms with Crippen LogP contribution in [0.15, 0.2) is 54.7 Å². The molecule has 0 radical (unpaired) electrons. The zero-order valence-corrected chi connectivity index (χ0v) is 15.7. The minimum Gasteiger partial charge on any atom is -0.497 e. The molecule has 0 bridgehead atoms. The monoisotopic (exact) mass is 423 g/mol. The molecule has 3 rings (SSSR count). The Morgan fingerprint density at radius 3 is 2.57 bits per heavy atom. The first kappa shape index (κ1) is 21.2. The summed E-state index contributed by atoms with van der Waals surface area (Å²) < 4.78 is 64.2. The van der Waals surface area contributed by atoms with Gasteiger partial charge >= 0.3 is 12.3 Å². The standard InChI is InChI=1S/C20H17F4N3O3/c1-29-16-4-2-3-13(11-16)9-10-25-19(28)30-17-12-26-27(18(17)20(22,23)24)15-7-5-14(21)6-8-15/h2-8,11-12H,9-10H2,1H3,(H,25,28). The summed E-state index contributed by atoms with van der Waals surface area (Å²) in [5.41, 5.74) is -0.441. The number of benzene rings is 2. The fourth-order valence-electron chi connectivity index (χ4n) is 2.72. The number of nitrogens with one attached hydrogen (secondary N) is 1. The molecule has 0 fully saturated rings. The molecule has 0 aliphatic rings. The molecule has 10 heteroatoms. The molecule has 1 amide bonds. The third kappa shape index (κ3) is 5.07. The van der Waals surface area contributed by atoms with Crippen LogP contribution in [0.25, 0.3) is 5.69 Å². The molecule has 2 aromatic carbocycles. The van der Waals surface area contributed by atoms with E-state index in [4.69, 9.17) is 9.47 Å². The largest absolute Gasteiger partial charge is 0.497 e. The molecule has 30 heavy (non-hydrogen) atoms. The van der Waals surface area contributed by atoms with E-state index in [0.29, 0.717) is 16.9 Å². The summed E-state index contributed by atoms with van der Waals surface area (Å²) in [6.07, 6.45) is -4.70. The minimum atomic E-state index is -4.86. The lowest BCUT2D eigenvalue weighted by Crippen LogP contribution is -2.29. The lowest BCUT2D eigenvalue weighted by Gasteiger charge is -2.13. The predicted octanol–water partition coefficient (Wildman–Crippen LogP) is 4.37. The highest BCUT2D eigenvalue weighted by Crippen LogP contribution is 2.37. The Morgan fingerprint density at radius 1 is 1.17 bits per heavy atom. The van der Waals surface area contributed by atoms with Gasteiger partial charge in [0.05, 0.1) is 19.0 Å². The third-order valence-corrected chi connectivity index (χ3v) is 4.10. The van der Waals surface area contributed by atoms with Crippen LogP contribution in [0, 0.1) is 5.82 Å². The van der Waals surface area contributed by atoms with Gasteiger partial charge in [0.15, 0.2) is 11.4 Å². The maximum Gasteiger partial charge on any atom is 0.437 e. The molecule has 1 N–H and O–H groups in total. The van der Waals surface area contributed by atoms with Crippen LogP contribution in [0.2, 0.25) is 0 Å². The Labute approximate surface area is 169 Å². The van der Waals surface area contributed by atoms with Gasteiger partial charge in [-0.15, -0.1) is 0 Å². The average Bonchev–Trinajstić information content (AvgIpc) is 3.12. The summed E-state index contributed by atoms with van der Waals surface area (Å²) in [5, 5.41) is 6.03. The quantitative estimate of drug-likeness (QED) is 0.598. The van der Waals surface area contributed by atoms with Gasteiger partial charge in [-0.05, 0) is 48.4 Å². The van der Waals surface area contributed by atoms with Gasteiger partial charge in [-0.25, -0.2) is 13.9 Å². The molecule has 158 valence electrons. The van der Waals surface area contributed by atoms with Gasteiger partial charge < -0.3 is 14.8 Å². The van der Waals surface area contributed by atoms with Gasteiger partial charge in [0.2, 0.25) is 0 Å². The van der Waals surface area contributed by atoms with Crippen molar-refractivity contribution in [3.05, 3.63) is 71.8 Å². The van der Waals surface area contributed by atoms with Crippen molar-refractivity contribution in [2.24, 2.45) is 0 Å². The molecule has 0 saturated carbocycles. The summed E-state index contributed by atoms with van der Waals surface area (Å²) in [5.74, 6) is -0.713. The van der Waals surface area contributed by atoms with Crippen molar-refractivity contribution in [3.8, 4) is 17.2 Å². The fourth-order valence-corrected chi connectivity index (χ4v) is 2.72. The number of hydrogen-bond acceptors (Lipinski definition) is 4. The Balaban J connectivity index is 1.69. The summed E-state index contributed by atoms with van der Waals surface area (Å²) in [7, 11) is 1.53. The second kappa shape index (κ2) is 8.85. The lowest BCUT2D eigenvalue weighted by atomic mass is 10.1. The normalized spacial score (nSPS) is 11.2. The van der Waals surface area contributed by atoms with E-state index in [1.165, 1.54) is 7.11 Å². The van der Waals surface area contributed by atoms with Crippen LogP contribution in [0.4, 0.5) is 22.4 Å². The van der Waals surface area contributed by atoms with Crippen molar-refractivity contribution < 1.29 is 31.8 Å². The van der Waals surface area contributed by atoms with Gasteiger partial charge in [-0.2, -0.15) is 18.3 Å². The van der Waals surface area contributed by atoms with Crippen LogP contribution >= 0.6 is 0 Å². The molecule has 6 nitrogen and oxygen atoms in total. The van der Waals surface area contributed by atoms with E-state index in [2.05, 4.69) is 10.4 Å². The highest BCUT2D eigenvalue weighted by Gasteiger charge is 2.40. The Kier molecular flexibility index (Phi) is 6.24. The van der Waals surface area contributed by atoms with E-state index in [1.807, 2.05) is 6.07 Å². The van der Waals surface area contributed by atoms with E-state index >= 15 is 0 Å². The first-order valence-electron chi connectivity index (χ1n) is 8.77. The van der Waals surface area contributed by atoms with Crippen molar-refractivity contribution in [2.75, 3.05) is 13.7 Å². The maximum absolute atomic E-state index is 13.5. The molecule has 0 saturated heterocycles. The summed E-state index contributed by atoms with van der Waals surface area (Å²) in [6, 6.07) is 11.4. The molecule has 0 unspecified atom stereocenters. The van der Waals surface area contributed by atoms with E-state index in [0.717, 1.165) is 36.0 Å². The number of hydrogen-bond donors (Lipinski definition) is 1. The molecule has 0 atom stereocenters. The predicted molar refractivity (Wildman–Crippen MR) is 99.2 cm³/mol. The summed E-state index contributed by atoms with van der Waals surface area (Å²) in [4.78, 5) is 12.0. The lowest BCUT2D eigenvalue weighted by molar-refractivity contribution is -0.143. The summed E-state index contributed by atoms with van der Waals surface area (Å²) >= 11 is 0. The van der Waals surface area contributed by atoms with Crippen LogP contribution in [0.1, 0.15) is 11.3 Å². The van der Waals surface area contributed by atoms with Gasteiger partial charge in [-0.1, -0.05) is 12.1 Å². The number of carbonyl (C=O) groups excluding carboxylic acids is 1. The molecule has 1 aromatic heterocycles. The number of nitrogens with zero attached hydrogens (tertiary/aromatic N) is 2. The maximum atomic E-state index is 13.5. The highest BCUT2D eigenvalue weighted by molar-refractivity contribution is 5.70. The van der Waals surface area contributed by atoms with E-state index in [1.54, 1.807) is 18.2 Å². The molecule has 0 spiro atoms. The number of methoxy groups -OCH3 is 1. The first-order valence-corrected chi connectivity index (χ1v) is 8.77. The molecule has 0 aliphatic heterocycles. The molecule has 0 aliphatic carbocycles. The number of rotatable bonds is 6. The van der Waals surface area contributed by atoms with E-state index in [-0.39, 0.29) is 12.2 Å². The zero-order chi connectivity index (χ0) is 21.7. The Hall–Kier alpha value is -3.56. The molecule has 3 aromatic rings. The van der Waals surface area contributed by atoms with Crippen LogP contribution in [-0.2, 0) is 12.6 Å². The molecule has 1 heterocycles. The van der Waals surface area contributed by atoms with E-state index < -0.39 is 29.5 Å². The fraction of sp³-hybridized carbons (Fsp3) is 0.200. The average molecular weight is 423 g/mol. The van der Waals surface area contributed by atoms with Crippen LogP contribution < -0.4 is 14.8 Å². The molecular weight excluding hydrogens is 406 g/mol. The van der Waals surface area contributed by atoms with Gasteiger partial charge in [-0.3, -0.25) is 0 Å². The second-order valence-electron chi connectivity index (χ2n) is 6.16. The van der Waals surface area contributed by atoms with Crippen LogP contribution in [0.5, 0.6) is 11.5 Å². The Bertz CT molecular complexity index is 1020. The molecular formula is C20H17F4N3O3. The smallest absolute Gasteiger partial charge is 0.437 e. The number of ether oxygens (including phenoxy) is 2. The SMILES string of the molecule is COc1cccc(CCNC(=O)Oc2cnn(-c3ccc(F)cc3)c2C(F)(F)F)c1. The summed E-state index contributed by atoms with van der Waals surface area (Å²) in [6.45, 7) is 0.138.